The zero-order chi connectivity index (χ0) is 31.5. The fourth-order valence-corrected chi connectivity index (χ4v) is 9.29. The van der Waals surface area contributed by atoms with Gasteiger partial charge in [-0.2, -0.15) is 17.6 Å². The number of hydrogen-bond acceptors (Lipinski definition) is 8. The van der Waals surface area contributed by atoms with Gasteiger partial charge in [-0.25, -0.2) is 8.42 Å². The van der Waals surface area contributed by atoms with Crippen molar-refractivity contribution in [3.05, 3.63) is 0 Å². The Kier molecular flexibility index (Phi) is 10.8. The van der Waals surface area contributed by atoms with Gasteiger partial charge in [0.1, 0.15) is 17.3 Å². The number of rotatable bonds is 10. The molecule has 0 aromatic carbocycles. The summed E-state index contributed by atoms with van der Waals surface area (Å²) in [5, 5.41) is -5.78. The van der Waals surface area contributed by atoms with Crippen LogP contribution in [0.5, 0.6) is 0 Å². The first-order chi connectivity index (χ1) is 19.3. The largest absolute Gasteiger partial charge is 1.00 e. The summed E-state index contributed by atoms with van der Waals surface area (Å²) >= 11 is 0. The van der Waals surface area contributed by atoms with E-state index in [1.165, 1.54) is 0 Å². The van der Waals surface area contributed by atoms with Crippen molar-refractivity contribution < 1.29 is 84.0 Å². The number of ketones is 3. The van der Waals surface area contributed by atoms with E-state index in [1.807, 2.05) is 13.8 Å². The number of alkyl halides is 4. The van der Waals surface area contributed by atoms with E-state index in [0.717, 1.165) is 0 Å². The van der Waals surface area contributed by atoms with E-state index in [2.05, 4.69) is 6.92 Å². The molecule has 43 heavy (non-hydrogen) atoms. The average molecular weight is 647 g/mol. The fourth-order valence-electron chi connectivity index (χ4n) is 8.82. The summed E-state index contributed by atoms with van der Waals surface area (Å²) in [7, 11) is -6.57. The maximum absolute atomic E-state index is 13.8. The smallest absolute Gasteiger partial charge is 0.743 e. The molecule has 8 nitrogen and oxygen atoms in total. The van der Waals surface area contributed by atoms with Crippen LogP contribution in [0.3, 0.4) is 0 Å². The molecule has 1 unspecified atom stereocenters. The van der Waals surface area contributed by atoms with Crippen molar-refractivity contribution in [2.45, 2.75) is 103 Å². The van der Waals surface area contributed by atoms with Gasteiger partial charge in [-0.3, -0.25) is 19.2 Å². The van der Waals surface area contributed by atoms with Crippen LogP contribution in [0.25, 0.3) is 0 Å². The van der Waals surface area contributed by atoms with Crippen molar-refractivity contribution in [1.82, 2.24) is 0 Å². The number of ether oxygens (including phenoxy) is 1. The zero-order valence-corrected chi connectivity index (χ0v) is 28.0. The van der Waals surface area contributed by atoms with Crippen LogP contribution in [0.2, 0.25) is 0 Å². The number of hydrogen-bond donors (Lipinski definition) is 0. The molecule has 0 bridgehead atoms. The van der Waals surface area contributed by atoms with E-state index in [9.17, 15) is 49.7 Å². The molecule has 0 N–H and O–H groups in total. The molecule has 8 atom stereocenters. The third-order valence-corrected chi connectivity index (χ3v) is 12.3. The van der Waals surface area contributed by atoms with Crippen LogP contribution in [0, 0.1) is 46.3 Å². The molecule has 4 aliphatic rings. The number of Topliss-reactive ketones (excluding diaryl/α,β-unsaturated/α-hetero) is 3. The molecule has 0 aliphatic heterocycles. The van der Waals surface area contributed by atoms with E-state index in [4.69, 9.17) is 4.74 Å². The summed E-state index contributed by atoms with van der Waals surface area (Å²) < 4.78 is 89.9. The molecule has 238 valence electrons. The topological polar surface area (TPSA) is 135 Å². The Morgan fingerprint density at radius 2 is 1.72 bits per heavy atom. The summed E-state index contributed by atoms with van der Waals surface area (Å²) in [6.07, 6.45) is 1.45. The van der Waals surface area contributed by atoms with E-state index in [0.29, 0.717) is 51.4 Å². The third-order valence-electron chi connectivity index (χ3n) is 11.3. The summed E-state index contributed by atoms with van der Waals surface area (Å²) in [6.45, 7) is 5.34. The van der Waals surface area contributed by atoms with Gasteiger partial charge in [-0.05, 0) is 67.1 Å². The summed E-state index contributed by atoms with van der Waals surface area (Å²) in [6, 6.07) is 0. The molecule has 0 spiro atoms. The molecule has 14 heteroatoms. The number of carbonyl (C=O) groups is 4. The van der Waals surface area contributed by atoms with Gasteiger partial charge in [0.2, 0.25) is 0 Å². The Labute approximate surface area is 271 Å². The molecule has 4 fully saturated rings. The molecule has 4 aliphatic carbocycles. The minimum Gasteiger partial charge on any atom is -0.743 e. The zero-order valence-electron chi connectivity index (χ0n) is 25.1. The molecule has 4 saturated carbocycles. The van der Waals surface area contributed by atoms with Crippen LogP contribution in [0.4, 0.5) is 17.6 Å². The molecule has 0 saturated heterocycles. The standard InChI is InChI=1S/C29H40F4O8S.Na/c1-16(5-8-24(37)41-12-4-10-28(30,31)29(32,33)42(38,39)40)19-6-7-20-25-21(15-23(36)27(19,20)3)26(2)11-9-18(34)13-17(26)14-22(25)35;/h16-17,19-21,25H,4-15H2,1-3H3,(H,38,39,40);/q;+1/p-1/t16-,17?,19-,20+,21+,25+,26+,27-;/m1./s1. The number of fused-ring (bicyclic) bond motifs is 5. The molecular weight excluding hydrogens is 607 g/mol. The molecule has 0 aromatic rings. The first kappa shape index (κ1) is 36.6. The fraction of sp³-hybridized carbons (Fsp3) is 0.862. The maximum atomic E-state index is 13.8. The first-order valence-corrected chi connectivity index (χ1v) is 16.1. The van der Waals surface area contributed by atoms with E-state index < -0.39 is 52.1 Å². The van der Waals surface area contributed by atoms with Crippen LogP contribution in [-0.2, 0) is 34.0 Å². The normalized spacial score (nSPS) is 35.3. The van der Waals surface area contributed by atoms with Gasteiger partial charge in [0.15, 0.2) is 10.1 Å². The Bertz CT molecular complexity index is 1240. The number of esters is 1. The Morgan fingerprint density at radius 1 is 1.07 bits per heavy atom. The van der Waals surface area contributed by atoms with Crippen LogP contribution < -0.4 is 29.6 Å². The molecule has 0 amide bonds. The van der Waals surface area contributed by atoms with Gasteiger partial charge in [0.05, 0.1) is 6.61 Å². The summed E-state index contributed by atoms with van der Waals surface area (Å²) in [4.78, 5) is 51.7. The van der Waals surface area contributed by atoms with Crippen LogP contribution in [0.15, 0.2) is 0 Å². The second kappa shape index (κ2) is 12.7. The Morgan fingerprint density at radius 3 is 2.35 bits per heavy atom. The monoisotopic (exact) mass is 646 g/mol. The molecular formula is C29H39F4NaO8S. The van der Waals surface area contributed by atoms with E-state index >= 15 is 0 Å². The summed E-state index contributed by atoms with van der Waals surface area (Å²) in [5.41, 5.74) is -0.952. The van der Waals surface area contributed by atoms with Gasteiger partial charge in [-0.1, -0.05) is 20.8 Å². The molecule has 0 heterocycles. The van der Waals surface area contributed by atoms with Gasteiger partial charge >= 0.3 is 46.7 Å². The molecule has 0 aromatic heterocycles. The minimum absolute atomic E-state index is 0. The SMILES string of the molecule is C[C@H](CCC(=O)OCCCC(F)(F)C(F)(F)S(=O)(=O)[O-])[C@H]1CC[C@H]2[C@@H]3C(=O)CC4CC(=O)CC[C@]4(C)[C@H]3CC(=O)[C@]12C.[Na+]. The van der Waals surface area contributed by atoms with Crippen molar-refractivity contribution in [2.75, 3.05) is 6.61 Å². The van der Waals surface area contributed by atoms with Crippen molar-refractivity contribution in [3.8, 4) is 0 Å². The Balaban J connectivity index is 0.00000506. The van der Waals surface area contributed by atoms with Crippen molar-refractivity contribution >= 4 is 33.4 Å². The quantitative estimate of drug-likeness (QED) is 0.116. The van der Waals surface area contributed by atoms with Crippen LogP contribution in [-0.4, -0.2) is 54.1 Å². The second-order valence-corrected chi connectivity index (χ2v) is 14.9. The second-order valence-electron chi connectivity index (χ2n) is 13.5. The van der Waals surface area contributed by atoms with Gasteiger partial charge < -0.3 is 9.29 Å². The third kappa shape index (κ3) is 6.40. The van der Waals surface area contributed by atoms with E-state index in [-0.39, 0.29) is 94.3 Å². The molecule has 0 radical (unpaired) electrons. The molecule has 4 rings (SSSR count). The minimum atomic E-state index is -6.57. The van der Waals surface area contributed by atoms with Crippen molar-refractivity contribution in [2.24, 2.45) is 46.3 Å². The van der Waals surface area contributed by atoms with E-state index in [1.54, 1.807) is 0 Å². The number of halogens is 4. The first-order valence-electron chi connectivity index (χ1n) is 14.7. The predicted octanol–water partition coefficient (Wildman–Crippen LogP) is 2.09. The van der Waals surface area contributed by atoms with Crippen molar-refractivity contribution in [3.63, 3.8) is 0 Å². The van der Waals surface area contributed by atoms with Gasteiger partial charge in [-0.15, -0.1) is 0 Å². The maximum Gasteiger partial charge on any atom is 1.00 e. The van der Waals surface area contributed by atoms with Gasteiger partial charge in [0.25, 0.3) is 0 Å². The predicted molar refractivity (Wildman–Crippen MR) is 139 cm³/mol. The summed E-state index contributed by atoms with van der Waals surface area (Å²) in [5.74, 6) is -6.03. The van der Waals surface area contributed by atoms with Gasteiger partial charge in [0, 0.05) is 49.9 Å². The van der Waals surface area contributed by atoms with Crippen LogP contribution in [0.1, 0.15) is 91.4 Å². The Hall–Kier alpha value is -0.890. The van der Waals surface area contributed by atoms with Crippen molar-refractivity contribution in [1.29, 1.82) is 0 Å². The number of carbonyl (C=O) groups excluding carboxylic acids is 4. The van der Waals surface area contributed by atoms with Crippen LogP contribution >= 0.6 is 0 Å². The average Bonchev–Trinajstić information content (AvgIpc) is 3.24.